The number of halogens is 2. The Hall–Kier alpha value is -0.610. The van der Waals surface area contributed by atoms with Crippen LogP contribution in [0.3, 0.4) is 0 Å². The molecular formula is C16H24BrIN4OS. The first-order chi connectivity index (χ1) is 11.2. The first-order valence-corrected chi connectivity index (χ1v) is 9.56. The summed E-state index contributed by atoms with van der Waals surface area (Å²) in [6.07, 6.45) is 1.70. The molecule has 0 aromatic carbocycles. The molecule has 0 fully saturated rings. The van der Waals surface area contributed by atoms with E-state index in [0.29, 0.717) is 6.54 Å². The number of aryl methyl sites for hydroxylation is 2. The van der Waals surface area contributed by atoms with Gasteiger partial charge in [0.2, 0.25) is 0 Å². The van der Waals surface area contributed by atoms with E-state index in [4.69, 9.17) is 4.52 Å². The van der Waals surface area contributed by atoms with Crippen molar-refractivity contribution in [2.45, 2.75) is 46.7 Å². The zero-order valence-corrected chi connectivity index (χ0v) is 18.9. The molecular weight excluding hydrogens is 503 g/mol. The third-order valence-corrected chi connectivity index (χ3v) is 5.10. The van der Waals surface area contributed by atoms with Crippen LogP contribution in [0.4, 0.5) is 0 Å². The van der Waals surface area contributed by atoms with E-state index in [1.807, 2.05) is 0 Å². The van der Waals surface area contributed by atoms with E-state index in [-0.39, 0.29) is 24.0 Å². The number of thiophene rings is 1. The lowest BCUT2D eigenvalue weighted by molar-refractivity contribution is 0.380. The third-order valence-electron chi connectivity index (χ3n) is 3.40. The molecule has 24 heavy (non-hydrogen) atoms. The molecule has 2 aromatic heterocycles. The summed E-state index contributed by atoms with van der Waals surface area (Å²) < 4.78 is 6.51. The van der Waals surface area contributed by atoms with Gasteiger partial charge in [-0.25, -0.2) is 4.99 Å². The second kappa shape index (κ2) is 11.1. The average Bonchev–Trinajstić information content (AvgIpc) is 3.15. The van der Waals surface area contributed by atoms with Crippen molar-refractivity contribution in [2.75, 3.05) is 6.54 Å². The fraction of sp³-hybridized carbons (Fsp3) is 0.500. The number of rotatable bonds is 7. The summed E-state index contributed by atoms with van der Waals surface area (Å²) in [7, 11) is 0. The molecule has 0 saturated carbocycles. The Kier molecular flexibility index (Phi) is 9.91. The van der Waals surface area contributed by atoms with Crippen molar-refractivity contribution in [2.24, 2.45) is 4.99 Å². The number of guanidine groups is 1. The van der Waals surface area contributed by atoms with E-state index < -0.39 is 0 Å². The van der Waals surface area contributed by atoms with Crippen molar-refractivity contribution < 1.29 is 4.52 Å². The molecule has 0 aliphatic carbocycles. The van der Waals surface area contributed by atoms with Crippen LogP contribution in [-0.4, -0.2) is 17.7 Å². The highest BCUT2D eigenvalue weighted by Gasteiger charge is 2.13. The molecule has 2 N–H and O–H groups in total. The maximum absolute atomic E-state index is 5.40. The molecule has 0 aliphatic heterocycles. The van der Waals surface area contributed by atoms with Crippen molar-refractivity contribution >= 4 is 57.2 Å². The van der Waals surface area contributed by atoms with Gasteiger partial charge >= 0.3 is 0 Å². The van der Waals surface area contributed by atoms with Gasteiger partial charge in [0.1, 0.15) is 5.76 Å². The molecule has 0 spiro atoms. The molecule has 0 radical (unpaired) electrons. The Labute approximate surface area is 172 Å². The first-order valence-electron chi connectivity index (χ1n) is 7.89. The smallest absolute Gasteiger partial charge is 0.191 e. The molecule has 0 atom stereocenters. The second-order valence-electron chi connectivity index (χ2n) is 5.02. The van der Waals surface area contributed by atoms with Gasteiger partial charge in [0.25, 0.3) is 0 Å². The largest absolute Gasteiger partial charge is 0.361 e. The molecule has 0 aliphatic rings. The number of nitrogens with zero attached hydrogens (tertiary/aromatic N) is 2. The van der Waals surface area contributed by atoms with Gasteiger partial charge in [0.15, 0.2) is 5.96 Å². The van der Waals surface area contributed by atoms with Crippen LogP contribution in [0.2, 0.25) is 0 Å². The maximum Gasteiger partial charge on any atom is 0.191 e. The summed E-state index contributed by atoms with van der Waals surface area (Å²) in [4.78, 5) is 5.94. The lowest BCUT2D eigenvalue weighted by Gasteiger charge is -2.10. The van der Waals surface area contributed by atoms with Crippen LogP contribution in [-0.2, 0) is 25.9 Å². The van der Waals surface area contributed by atoms with Crippen LogP contribution in [0, 0.1) is 0 Å². The number of aliphatic imine (C=N–C) groups is 1. The van der Waals surface area contributed by atoms with Gasteiger partial charge in [0, 0.05) is 33.3 Å². The predicted molar refractivity (Wildman–Crippen MR) is 114 cm³/mol. The zero-order valence-electron chi connectivity index (χ0n) is 14.2. The van der Waals surface area contributed by atoms with Crippen molar-refractivity contribution in [3.05, 3.63) is 37.8 Å². The molecule has 2 heterocycles. The van der Waals surface area contributed by atoms with E-state index in [1.165, 1.54) is 4.88 Å². The quantitative estimate of drug-likeness (QED) is 0.317. The Bertz CT molecular complexity index is 635. The lowest BCUT2D eigenvalue weighted by Crippen LogP contribution is -2.36. The van der Waals surface area contributed by atoms with Crippen molar-refractivity contribution in [3.63, 3.8) is 0 Å². The van der Waals surface area contributed by atoms with Crippen molar-refractivity contribution in [1.29, 1.82) is 0 Å². The second-order valence-corrected chi connectivity index (χ2v) is 6.93. The minimum atomic E-state index is 0. The highest BCUT2D eigenvalue weighted by molar-refractivity contribution is 14.0. The van der Waals surface area contributed by atoms with Crippen LogP contribution in [0.5, 0.6) is 0 Å². The third kappa shape index (κ3) is 6.03. The van der Waals surface area contributed by atoms with Gasteiger partial charge in [0.05, 0.1) is 18.8 Å². The van der Waals surface area contributed by atoms with E-state index >= 15 is 0 Å². The van der Waals surface area contributed by atoms with Crippen LogP contribution in [0.25, 0.3) is 0 Å². The molecule has 134 valence electrons. The standard InChI is InChI=1S/C16H23BrN4OS.HI/c1-4-14-13(15(5-2)22-21-14)9-20-16(18-6-3)19-8-12-7-11(17)10-23-12;/h7,10H,4-6,8-9H2,1-3H3,(H2,18,19,20);1H. The van der Waals surface area contributed by atoms with Crippen molar-refractivity contribution in [1.82, 2.24) is 15.8 Å². The Morgan fingerprint density at radius 2 is 2.08 bits per heavy atom. The van der Waals surface area contributed by atoms with Crippen molar-refractivity contribution in [3.8, 4) is 0 Å². The van der Waals surface area contributed by atoms with Gasteiger partial charge in [-0.2, -0.15) is 0 Å². The van der Waals surface area contributed by atoms with Gasteiger partial charge < -0.3 is 15.2 Å². The minimum absolute atomic E-state index is 0. The first kappa shape index (κ1) is 21.4. The number of nitrogens with one attached hydrogen (secondary N) is 2. The van der Waals surface area contributed by atoms with E-state index in [2.05, 4.69) is 68.9 Å². The topological polar surface area (TPSA) is 62.5 Å². The molecule has 0 amide bonds. The van der Waals surface area contributed by atoms with Gasteiger partial charge in [-0.3, -0.25) is 0 Å². The molecule has 8 heteroatoms. The summed E-state index contributed by atoms with van der Waals surface area (Å²) in [5.41, 5.74) is 2.12. The van der Waals surface area contributed by atoms with E-state index in [0.717, 1.165) is 53.4 Å². The number of hydrogen-bond acceptors (Lipinski definition) is 4. The lowest BCUT2D eigenvalue weighted by atomic mass is 10.1. The molecule has 0 saturated heterocycles. The SMILES string of the molecule is CCNC(=NCc1c(CC)noc1CC)NCc1cc(Br)cs1.I. The summed E-state index contributed by atoms with van der Waals surface area (Å²) in [5.74, 6) is 1.74. The Morgan fingerprint density at radius 3 is 2.67 bits per heavy atom. The van der Waals surface area contributed by atoms with E-state index in [1.54, 1.807) is 11.3 Å². The Morgan fingerprint density at radius 1 is 1.29 bits per heavy atom. The predicted octanol–water partition coefficient (Wildman–Crippen LogP) is 4.50. The van der Waals surface area contributed by atoms with Gasteiger partial charge in [-0.1, -0.05) is 19.0 Å². The number of aromatic nitrogens is 1. The molecule has 2 rings (SSSR count). The van der Waals surface area contributed by atoms with Crippen LogP contribution >= 0.6 is 51.2 Å². The maximum atomic E-state index is 5.40. The fourth-order valence-electron chi connectivity index (χ4n) is 2.23. The number of hydrogen-bond donors (Lipinski definition) is 2. The van der Waals surface area contributed by atoms with Crippen LogP contribution in [0.1, 0.15) is 42.7 Å². The highest BCUT2D eigenvalue weighted by Crippen LogP contribution is 2.19. The fourth-order valence-corrected chi connectivity index (χ4v) is 3.62. The molecule has 5 nitrogen and oxygen atoms in total. The van der Waals surface area contributed by atoms with Gasteiger partial charge in [-0.05, 0) is 35.3 Å². The van der Waals surface area contributed by atoms with E-state index in [9.17, 15) is 0 Å². The zero-order chi connectivity index (χ0) is 16.7. The molecule has 2 aromatic rings. The normalized spacial score (nSPS) is 11.2. The highest BCUT2D eigenvalue weighted by atomic mass is 127. The molecule has 0 unspecified atom stereocenters. The molecule has 0 bridgehead atoms. The summed E-state index contributed by atoms with van der Waals surface area (Å²) in [6.45, 7) is 8.39. The minimum Gasteiger partial charge on any atom is -0.361 e. The summed E-state index contributed by atoms with van der Waals surface area (Å²) in [6, 6.07) is 2.12. The average molecular weight is 527 g/mol. The monoisotopic (exact) mass is 526 g/mol. The Balaban J connectivity index is 0.00000288. The van der Waals surface area contributed by atoms with Gasteiger partial charge in [-0.15, -0.1) is 35.3 Å². The van der Waals surface area contributed by atoms with Crippen LogP contribution in [0.15, 0.2) is 25.4 Å². The van der Waals surface area contributed by atoms with Crippen LogP contribution < -0.4 is 10.6 Å². The summed E-state index contributed by atoms with van der Waals surface area (Å²) >= 11 is 5.20. The summed E-state index contributed by atoms with van der Waals surface area (Å²) in [5, 5.41) is 12.9.